The van der Waals surface area contributed by atoms with Crippen LogP contribution in [0.1, 0.15) is 41.4 Å². The van der Waals surface area contributed by atoms with Gasteiger partial charge in [0.05, 0.1) is 6.04 Å². The average molecular weight is 310 g/mol. The van der Waals surface area contributed by atoms with Crippen molar-refractivity contribution >= 4 is 22.2 Å². The molecule has 1 fully saturated rings. The normalized spacial score (nSPS) is 17.9. The van der Waals surface area contributed by atoms with Crippen LogP contribution in [0.15, 0.2) is 41.8 Å². The lowest BCUT2D eigenvalue weighted by Gasteiger charge is -2.34. The molecule has 0 spiro atoms. The summed E-state index contributed by atoms with van der Waals surface area (Å²) in [5.74, 6) is 0. The topological polar surface area (TPSA) is 19.0 Å². The molecule has 0 amide bonds. The predicted octanol–water partition coefficient (Wildman–Crippen LogP) is 5.11. The predicted molar refractivity (Wildman–Crippen MR) is 94.6 cm³/mol. The van der Waals surface area contributed by atoms with Crippen molar-refractivity contribution in [3.63, 3.8) is 0 Å². The van der Waals surface area contributed by atoms with Gasteiger partial charge in [-0.15, -0.1) is 11.3 Å². The van der Waals surface area contributed by atoms with Crippen LogP contribution in [0, 0.1) is 6.92 Å². The number of aryl methyl sites for hydroxylation is 1. The fraction of sp³-hybridized carbons (Fsp3) is 0.368. The smallest absolute Gasteiger partial charge is 0.0719 e. The molecule has 114 valence electrons. The standard InChI is InChI=1S/C19H22N2S/c1-14-18(15-8-3-4-9-16(15)20-14)19(17-10-7-13-22-17)21-11-5-2-6-12-21/h3-4,7-10,13,19-20H,2,5-6,11-12H2,1H3/t19-/m0/s1. The summed E-state index contributed by atoms with van der Waals surface area (Å²) in [6, 6.07) is 13.6. The molecule has 1 aliphatic heterocycles. The fourth-order valence-corrected chi connectivity index (χ4v) is 4.65. The number of piperidine rings is 1. The van der Waals surface area contributed by atoms with Crippen LogP contribution >= 0.6 is 11.3 Å². The Morgan fingerprint density at radius 2 is 1.86 bits per heavy atom. The number of hydrogen-bond donors (Lipinski definition) is 1. The Labute approximate surface area is 135 Å². The molecule has 0 aliphatic carbocycles. The van der Waals surface area contributed by atoms with E-state index in [0.717, 1.165) is 0 Å². The monoisotopic (exact) mass is 310 g/mol. The number of para-hydroxylation sites is 1. The van der Waals surface area contributed by atoms with Crippen LogP contribution in [0.5, 0.6) is 0 Å². The van der Waals surface area contributed by atoms with Gasteiger partial charge in [-0.05, 0) is 50.4 Å². The summed E-state index contributed by atoms with van der Waals surface area (Å²) in [5.41, 5.74) is 4.04. The summed E-state index contributed by atoms with van der Waals surface area (Å²) >= 11 is 1.88. The van der Waals surface area contributed by atoms with Crippen molar-refractivity contribution in [2.45, 2.75) is 32.2 Å². The van der Waals surface area contributed by atoms with E-state index in [-0.39, 0.29) is 0 Å². The minimum absolute atomic E-state index is 0.399. The van der Waals surface area contributed by atoms with Crippen LogP contribution < -0.4 is 0 Å². The van der Waals surface area contributed by atoms with Gasteiger partial charge >= 0.3 is 0 Å². The van der Waals surface area contributed by atoms with E-state index in [4.69, 9.17) is 0 Å². The molecule has 0 bridgehead atoms. The maximum absolute atomic E-state index is 3.59. The number of aromatic nitrogens is 1. The zero-order valence-corrected chi connectivity index (χ0v) is 13.8. The van der Waals surface area contributed by atoms with Crippen molar-refractivity contribution in [2.75, 3.05) is 13.1 Å². The number of nitrogens with zero attached hydrogens (tertiary/aromatic N) is 1. The second-order valence-electron chi connectivity index (χ2n) is 6.22. The Balaban J connectivity index is 1.87. The minimum Gasteiger partial charge on any atom is -0.358 e. The lowest BCUT2D eigenvalue weighted by atomic mass is 9.97. The maximum atomic E-state index is 3.59. The summed E-state index contributed by atoms with van der Waals surface area (Å²) < 4.78 is 0. The van der Waals surface area contributed by atoms with E-state index in [2.05, 4.69) is 58.6 Å². The first-order valence-electron chi connectivity index (χ1n) is 8.19. The van der Waals surface area contributed by atoms with Gasteiger partial charge in [0.2, 0.25) is 0 Å². The molecule has 3 heterocycles. The Bertz CT molecular complexity index is 751. The van der Waals surface area contributed by atoms with E-state index in [1.807, 2.05) is 11.3 Å². The van der Waals surface area contributed by atoms with Gasteiger partial charge in [0, 0.05) is 27.0 Å². The van der Waals surface area contributed by atoms with Crippen molar-refractivity contribution in [3.8, 4) is 0 Å². The summed E-state index contributed by atoms with van der Waals surface area (Å²) in [7, 11) is 0. The number of fused-ring (bicyclic) bond motifs is 1. The second kappa shape index (κ2) is 5.90. The molecule has 1 N–H and O–H groups in total. The van der Waals surface area contributed by atoms with Crippen molar-refractivity contribution in [1.82, 2.24) is 9.88 Å². The highest BCUT2D eigenvalue weighted by Crippen LogP contribution is 2.39. The quantitative estimate of drug-likeness (QED) is 0.712. The van der Waals surface area contributed by atoms with Crippen molar-refractivity contribution in [3.05, 3.63) is 57.9 Å². The highest BCUT2D eigenvalue weighted by atomic mass is 32.1. The minimum atomic E-state index is 0.399. The first-order chi connectivity index (χ1) is 10.8. The van der Waals surface area contributed by atoms with E-state index in [0.29, 0.717) is 6.04 Å². The second-order valence-corrected chi connectivity index (χ2v) is 7.20. The van der Waals surface area contributed by atoms with Crippen LogP contribution in [-0.2, 0) is 0 Å². The van der Waals surface area contributed by atoms with Gasteiger partial charge < -0.3 is 4.98 Å². The van der Waals surface area contributed by atoms with Gasteiger partial charge in [-0.3, -0.25) is 4.90 Å². The zero-order chi connectivity index (χ0) is 14.9. The van der Waals surface area contributed by atoms with E-state index >= 15 is 0 Å². The SMILES string of the molecule is Cc1[nH]c2ccccc2c1[C@H](c1cccs1)N1CCCCC1. The lowest BCUT2D eigenvalue weighted by Crippen LogP contribution is -2.34. The van der Waals surface area contributed by atoms with E-state index in [1.165, 1.54) is 59.4 Å². The van der Waals surface area contributed by atoms with Crippen LogP contribution in [0.25, 0.3) is 10.9 Å². The molecule has 0 radical (unpaired) electrons. The number of rotatable bonds is 3. The van der Waals surface area contributed by atoms with Gasteiger partial charge in [0.25, 0.3) is 0 Å². The first-order valence-corrected chi connectivity index (χ1v) is 9.07. The van der Waals surface area contributed by atoms with Gasteiger partial charge in [0.1, 0.15) is 0 Å². The zero-order valence-electron chi connectivity index (χ0n) is 13.0. The number of benzene rings is 1. The molecule has 2 aromatic heterocycles. The van der Waals surface area contributed by atoms with Crippen LogP contribution in [0.4, 0.5) is 0 Å². The van der Waals surface area contributed by atoms with Gasteiger partial charge in [-0.2, -0.15) is 0 Å². The first kappa shape index (κ1) is 14.0. The summed E-state index contributed by atoms with van der Waals surface area (Å²) in [6.07, 6.45) is 4.02. The molecule has 0 unspecified atom stereocenters. The third-order valence-corrected chi connectivity index (χ3v) is 5.71. The van der Waals surface area contributed by atoms with Crippen molar-refractivity contribution in [2.24, 2.45) is 0 Å². The Morgan fingerprint density at radius 1 is 1.05 bits per heavy atom. The molecule has 0 saturated carbocycles. The number of nitrogens with one attached hydrogen (secondary N) is 1. The molecule has 2 nitrogen and oxygen atoms in total. The number of hydrogen-bond acceptors (Lipinski definition) is 2. The Morgan fingerprint density at radius 3 is 2.64 bits per heavy atom. The molecule has 22 heavy (non-hydrogen) atoms. The van der Waals surface area contributed by atoms with Gasteiger partial charge in [0.15, 0.2) is 0 Å². The van der Waals surface area contributed by atoms with Crippen LogP contribution in [-0.4, -0.2) is 23.0 Å². The Kier molecular flexibility index (Phi) is 3.77. The van der Waals surface area contributed by atoms with E-state index in [9.17, 15) is 0 Å². The molecule has 1 aliphatic rings. The molecule has 1 atom stereocenters. The largest absolute Gasteiger partial charge is 0.358 e. The molecule has 3 aromatic rings. The highest BCUT2D eigenvalue weighted by molar-refractivity contribution is 7.10. The van der Waals surface area contributed by atoms with Crippen molar-refractivity contribution < 1.29 is 0 Å². The van der Waals surface area contributed by atoms with Gasteiger partial charge in [-0.25, -0.2) is 0 Å². The number of H-pyrrole nitrogens is 1. The number of thiophene rings is 1. The highest BCUT2D eigenvalue weighted by Gasteiger charge is 2.28. The average Bonchev–Trinajstić information content (AvgIpc) is 3.18. The fourth-order valence-electron chi connectivity index (χ4n) is 3.78. The molecule has 4 rings (SSSR count). The lowest BCUT2D eigenvalue weighted by molar-refractivity contribution is 0.190. The Hall–Kier alpha value is -1.58. The van der Waals surface area contributed by atoms with Crippen LogP contribution in [0.3, 0.4) is 0 Å². The van der Waals surface area contributed by atoms with E-state index < -0.39 is 0 Å². The van der Waals surface area contributed by atoms with Crippen molar-refractivity contribution in [1.29, 1.82) is 0 Å². The van der Waals surface area contributed by atoms with Crippen LogP contribution in [0.2, 0.25) is 0 Å². The van der Waals surface area contributed by atoms with Gasteiger partial charge in [-0.1, -0.05) is 30.7 Å². The maximum Gasteiger partial charge on any atom is 0.0719 e. The molecule has 3 heteroatoms. The number of likely N-dealkylation sites (tertiary alicyclic amines) is 1. The molecular weight excluding hydrogens is 288 g/mol. The number of aromatic amines is 1. The molecular formula is C19H22N2S. The molecule has 1 saturated heterocycles. The summed E-state index contributed by atoms with van der Waals surface area (Å²) in [5, 5.41) is 3.58. The summed E-state index contributed by atoms with van der Waals surface area (Å²) in [4.78, 5) is 7.73. The third kappa shape index (κ3) is 2.38. The summed E-state index contributed by atoms with van der Waals surface area (Å²) in [6.45, 7) is 4.64. The van der Waals surface area contributed by atoms with E-state index in [1.54, 1.807) is 0 Å². The molecule has 1 aromatic carbocycles. The third-order valence-electron chi connectivity index (χ3n) is 4.79.